The fourth-order valence-electron chi connectivity index (χ4n) is 4.46. The van der Waals surface area contributed by atoms with Gasteiger partial charge in [0.15, 0.2) is 0 Å². The molecule has 35 heavy (non-hydrogen) atoms. The summed E-state index contributed by atoms with van der Waals surface area (Å²) in [6.45, 7) is 10.1. The summed E-state index contributed by atoms with van der Waals surface area (Å²) < 4.78 is 0. The first-order chi connectivity index (χ1) is 16.6. The molecule has 0 aliphatic heterocycles. The van der Waals surface area contributed by atoms with Gasteiger partial charge in [-0.2, -0.15) is 0 Å². The van der Waals surface area contributed by atoms with E-state index in [1.54, 1.807) is 18.2 Å². The Balaban J connectivity index is 0.000000540. The molecular weight excluding hydrogens is 462 g/mol. The molecule has 0 saturated heterocycles. The average Bonchev–Trinajstić information content (AvgIpc) is 2.80. The Kier molecular flexibility index (Phi) is 9.40. The zero-order chi connectivity index (χ0) is 26.3. The molecule has 4 unspecified atom stereocenters. The molecule has 2 N–H and O–H groups in total. The number of hydrogen-bond acceptors (Lipinski definition) is 9. The van der Waals surface area contributed by atoms with Crippen molar-refractivity contribution in [1.82, 2.24) is 4.90 Å². The van der Waals surface area contributed by atoms with Crippen LogP contribution in [0.4, 0.5) is 5.69 Å². The number of hydrogen-bond donors (Lipinski definition) is 2. The third-order valence-electron chi connectivity index (χ3n) is 6.27. The maximum Gasteiger partial charge on any atom is 0.264 e. The van der Waals surface area contributed by atoms with Gasteiger partial charge in [0.2, 0.25) is 11.9 Å². The van der Waals surface area contributed by atoms with Crippen LogP contribution in [0.15, 0.2) is 42.1 Å². The molecule has 2 bridgehead atoms. The summed E-state index contributed by atoms with van der Waals surface area (Å²) in [4.78, 5) is 48.2. The van der Waals surface area contributed by atoms with Gasteiger partial charge in [-0.1, -0.05) is 39.0 Å². The number of nitrogens with one attached hydrogen (secondary N) is 1. The number of nitro groups is 2. The Morgan fingerprint density at radius 1 is 1.09 bits per heavy atom. The smallest absolute Gasteiger partial charge is 0.264 e. The first-order valence-corrected chi connectivity index (χ1v) is 11.2. The van der Waals surface area contributed by atoms with Gasteiger partial charge in [-0.15, -0.1) is 0 Å². The Hall–Kier alpha value is -3.87. The number of rotatable bonds is 7. The number of para-hydroxylation sites is 1. The van der Waals surface area contributed by atoms with E-state index in [-0.39, 0.29) is 0 Å². The number of carbonyl (C=O) groups excluding carboxylic acids is 2. The lowest BCUT2D eigenvalue weighted by atomic mass is 9.63. The minimum atomic E-state index is -1.78. The summed E-state index contributed by atoms with van der Waals surface area (Å²) >= 11 is 0. The van der Waals surface area contributed by atoms with Gasteiger partial charge >= 0.3 is 0 Å². The van der Waals surface area contributed by atoms with Gasteiger partial charge in [0.1, 0.15) is 23.5 Å². The Morgan fingerprint density at radius 2 is 1.66 bits per heavy atom. The van der Waals surface area contributed by atoms with Crippen molar-refractivity contribution in [3.63, 3.8) is 0 Å². The van der Waals surface area contributed by atoms with Gasteiger partial charge in [-0.25, -0.2) is 0 Å². The second-order valence-corrected chi connectivity index (χ2v) is 8.06. The first-order valence-electron chi connectivity index (χ1n) is 11.2. The molecule has 0 heterocycles. The molecule has 0 radical (unpaired) electrons. The number of benzene rings is 1. The molecule has 13 nitrogen and oxygen atoms in total. The fourth-order valence-corrected chi connectivity index (χ4v) is 4.46. The second kappa shape index (κ2) is 12.0. The highest BCUT2D eigenvalue weighted by molar-refractivity contribution is 6.11. The van der Waals surface area contributed by atoms with Crippen LogP contribution in [-0.2, 0) is 9.59 Å². The molecule has 1 saturated carbocycles. The lowest BCUT2D eigenvalue weighted by molar-refractivity contribution is -0.728. The van der Waals surface area contributed by atoms with Gasteiger partial charge in [-0.05, 0) is 31.8 Å². The highest BCUT2D eigenvalue weighted by Crippen LogP contribution is 2.43. The van der Waals surface area contributed by atoms with Crippen LogP contribution >= 0.6 is 0 Å². The Labute approximate surface area is 201 Å². The number of nitrogens with zero attached hydrogens (tertiary/aromatic N) is 4. The molecule has 4 atom stereocenters. The van der Waals surface area contributed by atoms with Crippen LogP contribution in [-0.4, -0.2) is 67.9 Å². The van der Waals surface area contributed by atoms with E-state index in [2.05, 4.69) is 31.0 Å². The van der Waals surface area contributed by atoms with E-state index in [1.807, 2.05) is 0 Å². The van der Waals surface area contributed by atoms with Gasteiger partial charge in [0, 0.05) is 21.9 Å². The summed E-state index contributed by atoms with van der Waals surface area (Å²) in [5.74, 6) is -6.43. The number of allylic oxidation sites excluding steroid dienone is 1. The number of anilines is 1. The molecule has 0 spiro atoms. The van der Waals surface area contributed by atoms with E-state index in [9.17, 15) is 40.2 Å². The van der Waals surface area contributed by atoms with E-state index in [4.69, 9.17) is 0 Å². The van der Waals surface area contributed by atoms with Crippen LogP contribution in [0.5, 0.6) is 0 Å². The van der Waals surface area contributed by atoms with Gasteiger partial charge in [0.05, 0.1) is 11.0 Å². The lowest BCUT2D eigenvalue weighted by Gasteiger charge is -2.35. The number of carbonyl (C=O) groups is 2. The second-order valence-electron chi connectivity index (χ2n) is 8.06. The average molecular weight is 492 g/mol. The predicted octanol–water partition coefficient (Wildman–Crippen LogP) is 1.95. The van der Waals surface area contributed by atoms with E-state index < -0.39 is 68.1 Å². The molecular formula is C22H29N5O8. The van der Waals surface area contributed by atoms with Crippen molar-refractivity contribution in [1.29, 1.82) is 0 Å². The van der Waals surface area contributed by atoms with Crippen molar-refractivity contribution < 1.29 is 29.5 Å². The number of amides is 1. The highest BCUT2D eigenvalue weighted by atomic mass is 16.8. The topological polar surface area (TPSA) is 182 Å². The van der Waals surface area contributed by atoms with Gasteiger partial charge < -0.3 is 15.4 Å². The minimum absolute atomic E-state index is 0.316. The SMILES string of the molecule is CCN(CC)CC.O=C1CC2/C(=[N+](/[O-])O)C=C([N+](=O)[O-])C(C1C(=O)Nc1ccccc1)C2[N+](=O)[O-]. The van der Waals surface area contributed by atoms with E-state index in [0.717, 1.165) is 0 Å². The van der Waals surface area contributed by atoms with Crippen molar-refractivity contribution in [2.75, 3.05) is 25.0 Å². The third kappa shape index (κ3) is 6.18. The summed E-state index contributed by atoms with van der Waals surface area (Å²) in [5, 5.41) is 46.1. The molecule has 2 aliphatic rings. The van der Waals surface area contributed by atoms with E-state index >= 15 is 0 Å². The largest absolute Gasteiger partial charge is 0.417 e. The summed E-state index contributed by atoms with van der Waals surface area (Å²) in [6, 6.07) is 6.18. The van der Waals surface area contributed by atoms with Crippen molar-refractivity contribution in [3.8, 4) is 0 Å². The van der Waals surface area contributed by atoms with Crippen molar-refractivity contribution >= 4 is 23.1 Å². The number of Topliss-reactive ketones (excluding diaryl/α,β-unsaturated/α-hetero) is 1. The van der Waals surface area contributed by atoms with E-state index in [1.165, 1.54) is 31.8 Å². The molecule has 3 rings (SSSR count). The van der Waals surface area contributed by atoms with Crippen LogP contribution in [0.25, 0.3) is 0 Å². The molecule has 0 aromatic heterocycles. The maximum atomic E-state index is 12.7. The first kappa shape index (κ1) is 27.4. The van der Waals surface area contributed by atoms with Crippen LogP contribution < -0.4 is 5.32 Å². The summed E-state index contributed by atoms with van der Waals surface area (Å²) in [6.07, 6.45) is 0.128. The number of ketones is 1. The van der Waals surface area contributed by atoms with Crippen molar-refractivity contribution in [3.05, 3.63) is 67.5 Å². The Morgan fingerprint density at radius 3 is 2.09 bits per heavy atom. The van der Waals surface area contributed by atoms with Gasteiger partial charge in [-0.3, -0.25) is 35.0 Å². The van der Waals surface area contributed by atoms with E-state index in [0.29, 0.717) is 11.8 Å². The summed E-state index contributed by atoms with van der Waals surface area (Å²) in [5.41, 5.74) is -1.18. The molecule has 1 amide bonds. The zero-order valence-corrected chi connectivity index (χ0v) is 19.7. The molecule has 1 fully saturated rings. The third-order valence-corrected chi connectivity index (χ3v) is 6.27. The predicted molar refractivity (Wildman–Crippen MR) is 125 cm³/mol. The molecule has 1 aromatic rings. The van der Waals surface area contributed by atoms with Crippen LogP contribution in [0, 0.1) is 43.2 Å². The monoisotopic (exact) mass is 491 g/mol. The molecule has 13 heteroatoms. The van der Waals surface area contributed by atoms with Crippen LogP contribution in [0.2, 0.25) is 0 Å². The van der Waals surface area contributed by atoms with Crippen molar-refractivity contribution in [2.45, 2.75) is 33.2 Å². The zero-order valence-electron chi connectivity index (χ0n) is 19.7. The van der Waals surface area contributed by atoms with Crippen LogP contribution in [0.3, 0.4) is 0 Å². The fraction of sp³-hybridized carbons (Fsp3) is 0.500. The minimum Gasteiger partial charge on any atom is -0.417 e. The molecule has 2 aliphatic carbocycles. The van der Waals surface area contributed by atoms with Crippen molar-refractivity contribution in [2.24, 2.45) is 17.8 Å². The standard InChI is InChI=1S/C16H14N4O8.C6H15N/c21-12-6-9-10(18(23)24)7-11(19(25)26)13(15(9)20(27)28)14(12)16(22)17-8-4-2-1-3-5-8;1-4-7(5-2)6-3/h1-5,7,9,13-15H,6H2,(H,17,22)(H,23,24);4-6H2,1-3H3. The highest BCUT2D eigenvalue weighted by Gasteiger charge is 2.64. The Bertz CT molecular complexity index is 1010. The molecule has 190 valence electrons. The lowest BCUT2D eigenvalue weighted by Crippen LogP contribution is -2.58. The van der Waals surface area contributed by atoms with Gasteiger partial charge in [0.25, 0.3) is 11.4 Å². The van der Waals surface area contributed by atoms with Crippen LogP contribution in [0.1, 0.15) is 27.2 Å². The number of fused-ring (bicyclic) bond motifs is 2. The maximum absolute atomic E-state index is 12.7. The quantitative estimate of drug-likeness (QED) is 0.189. The summed E-state index contributed by atoms with van der Waals surface area (Å²) in [7, 11) is 0. The normalized spacial score (nSPS) is 24.6. The molecule has 1 aromatic carbocycles.